The van der Waals surface area contributed by atoms with Crippen molar-refractivity contribution in [2.75, 3.05) is 0 Å². The van der Waals surface area contributed by atoms with E-state index in [1.807, 2.05) is 38.5 Å². The molecule has 3 nitrogen and oxygen atoms in total. The molecule has 0 spiro atoms. The zero-order valence-electron chi connectivity index (χ0n) is 11.5. The predicted octanol–water partition coefficient (Wildman–Crippen LogP) is 3.71. The predicted molar refractivity (Wildman–Crippen MR) is 75.8 cm³/mol. The van der Waals surface area contributed by atoms with E-state index in [0.717, 1.165) is 18.4 Å². The van der Waals surface area contributed by atoms with Gasteiger partial charge in [0.25, 0.3) is 0 Å². The lowest BCUT2D eigenvalue weighted by Gasteiger charge is -2.25. The molecule has 1 atom stereocenters. The summed E-state index contributed by atoms with van der Waals surface area (Å²) in [7, 11) is 0. The second kappa shape index (κ2) is 6.19. The van der Waals surface area contributed by atoms with Crippen molar-refractivity contribution in [2.45, 2.75) is 39.2 Å². The fourth-order valence-electron chi connectivity index (χ4n) is 2.53. The normalized spacial score (nSPS) is 16.8. The maximum atomic E-state index is 8.80. The zero-order chi connectivity index (χ0) is 13.7. The van der Waals surface area contributed by atoms with E-state index in [0.29, 0.717) is 6.04 Å². The van der Waals surface area contributed by atoms with E-state index in [-0.39, 0.29) is 0 Å². The first kappa shape index (κ1) is 13.4. The topological polar surface area (TPSA) is 41.6 Å². The maximum Gasteiger partial charge on any atom is 0.0991 e. The molecule has 0 saturated carbocycles. The molecule has 3 heteroatoms. The first-order chi connectivity index (χ1) is 9.38. The van der Waals surface area contributed by atoms with E-state index in [1.54, 1.807) is 0 Å². The number of rotatable bonds is 1. The van der Waals surface area contributed by atoms with Crippen LogP contribution in [0.3, 0.4) is 0 Å². The number of hydrogen-bond donors (Lipinski definition) is 0. The number of nitriles is 1. The van der Waals surface area contributed by atoms with Crippen LogP contribution in [0.1, 0.15) is 49.6 Å². The average Bonchev–Trinajstić information content (AvgIpc) is 2.98. The largest absolute Gasteiger partial charge is 0.327 e. The molecule has 1 unspecified atom stereocenters. The Hall–Kier alpha value is -2.08. The molecule has 3 rings (SSSR count). The van der Waals surface area contributed by atoms with Crippen LogP contribution < -0.4 is 0 Å². The third-order valence-corrected chi connectivity index (χ3v) is 3.42. The molecule has 2 aromatic rings. The van der Waals surface area contributed by atoms with Crippen molar-refractivity contribution >= 4 is 0 Å². The summed E-state index contributed by atoms with van der Waals surface area (Å²) < 4.78 is 2.25. The molecule has 1 aromatic heterocycles. The van der Waals surface area contributed by atoms with Gasteiger partial charge in [-0.05, 0) is 37.0 Å². The maximum absolute atomic E-state index is 8.80. The summed E-state index contributed by atoms with van der Waals surface area (Å²) in [6, 6.07) is 10.4. The number of aromatic nitrogens is 2. The molecule has 2 heterocycles. The minimum Gasteiger partial charge on any atom is -0.327 e. The SMILES string of the molecule is CC.N#Cc1ccc(C2CCCc3cncn32)cc1. The van der Waals surface area contributed by atoms with Crippen molar-refractivity contribution in [3.8, 4) is 6.07 Å². The highest BCUT2D eigenvalue weighted by Crippen LogP contribution is 2.30. The minimum absolute atomic E-state index is 0.383. The first-order valence-electron chi connectivity index (χ1n) is 6.89. The molecule has 98 valence electrons. The van der Waals surface area contributed by atoms with Crippen LogP contribution >= 0.6 is 0 Å². The van der Waals surface area contributed by atoms with Gasteiger partial charge in [0.1, 0.15) is 0 Å². The van der Waals surface area contributed by atoms with Crippen LogP contribution in [-0.4, -0.2) is 9.55 Å². The van der Waals surface area contributed by atoms with Crippen LogP contribution in [-0.2, 0) is 6.42 Å². The number of hydrogen-bond acceptors (Lipinski definition) is 2. The second-order valence-corrected chi connectivity index (χ2v) is 4.43. The fourth-order valence-corrected chi connectivity index (χ4v) is 2.53. The number of fused-ring (bicyclic) bond motifs is 1. The molecule has 1 aliphatic rings. The summed E-state index contributed by atoms with van der Waals surface area (Å²) >= 11 is 0. The van der Waals surface area contributed by atoms with E-state index in [4.69, 9.17) is 5.26 Å². The summed E-state index contributed by atoms with van der Waals surface area (Å²) in [6.45, 7) is 4.00. The Bertz CT molecular complexity index is 560. The minimum atomic E-state index is 0.383. The number of benzene rings is 1. The van der Waals surface area contributed by atoms with Crippen molar-refractivity contribution in [3.05, 3.63) is 53.6 Å². The van der Waals surface area contributed by atoms with E-state index < -0.39 is 0 Å². The van der Waals surface area contributed by atoms with Gasteiger partial charge < -0.3 is 4.57 Å². The molecule has 0 N–H and O–H groups in total. The van der Waals surface area contributed by atoms with Crippen LogP contribution in [0.15, 0.2) is 36.8 Å². The molecule has 0 amide bonds. The zero-order valence-corrected chi connectivity index (χ0v) is 11.5. The Morgan fingerprint density at radius 3 is 2.68 bits per heavy atom. The third-order valence-electron chi connectivity index (χ3n) is 3.42. The van der Waals surface area contributed by atoms with Crippen molar-refractivity contribution in [2.24, 2.45) is 0 Å². The summed E-state index contributed by atoms with van der Waals surface area (Å²) in [6.07, 6.45) is 7.34. The average molecular weight is 253 g/mol. The molecule has 0 fully saturated rings. The third kappa shape index (κ3) is 2.68. The van der Waals surface area contributed by atoms with E-state index >= 15 is 0 Å². The Morgan fingerprint density at radius 2 is 2.00 bits per heavy atom. The molecular weight excluding hydrogens is 234 g/mol. The van der Waals surface area contributed by atoms with Crippen LogP contribution in [0, 0.1) is 11.3 Å². The van der Waals surface area contributed by atoms with Crippen molar-refractivity contribution in [3.63, 3.8) is 0 Å². The summed E-state index contributed by atoms with van der Waals surface area (Å²) in [5.41, 5.74) is 3.30. The highest BCUT2D eigenvalue weighted by Gasteiger charge is 2.20. The Morgan fingerprint density at radius 1 is 1.26 bits per heavy atom. The molecule has 1 aliphatic heterocycles. The Balaban J connectivity index is 0.000000637. The van der Waals surface area contributed by atoms with Gasteiger partial charge >= 0.3 is 0 Å². The molecule has 0 bridgehead atoms. The van der Waals surface area contributed by atoms with Gasteiger partial charge in [0, 0.05) is 11.9 Å². The Kier molecular flexibility index (Phi) is 4.35. The van der Waals surface area contributed by atoms with Gasteiger partial charge in [0.05, 0.1) is 24.0 Å². The lowest BCUT2D eigenvalue weighted by Crippen LogP contribution is -2.17. The first-order valence-corrected chi connectivity index (χ1v) is 6.89. The standard InChI is InChI=1S/C14H13N3.C2H6/c15-8-11-4-6-12(7-5-11)14-3-1-2-13-9-16-10-17(13)14;1-2/h4-7,9-10,14H,1-3H2;1-2H3. The van der Waals surface area contributed by atoms with Gasteiger partial charge in [-0.15, -0.1) is 0 Å². The Labute approximate surface area is 114 Å². The highest BCUT2D eigenvalue weighted by molar-refractivity contribution is 5.33. The lowest BCUT2D eigenvalue weighted by atomic mass is 9.96. The van der Waals surface area contributed by atoms with Crippen LogP contribution in [0.25, 0.3) is 0 Å². The quantitative estimate of drug-likeness (QED) is 0.777. The van der Waals surface area contributed by atoms with Gasteiger partial charge in [0.2, 0.25) is 0 Å². The fraction of sp³-hybridized carbons (Fsp3) is 0.375. The molecule has 0 radical (unpaired) electrons. The molecule has 0 saturated heterocycles. The monoisotopic (exact) mass is 253 g/mol. The molecule has 19 heavy (non-hydrogen) atoms. The molecular formula is C16H19N3. The van der Waals surface area contributed by atoms with Crippen molar-refractivity contribution in [1.82, 2.24) is 9.55 Å². The van der Waals surface area contributed by atoms with Gasteiger partial charge in [-0.25, -0.2) is 4.98 Å². The van der Waals surface area contributed by atoms with Crippen molar-refractivity contribution < 1.29 is 0 Å². The van der Waals surface area contributed by atoms with Gasteiger partial charge in [-0.3, -0.25) is 0 Å². The highest BCUT2D eigenvalue weighted by atomic mass is 15.1. The van der Waals surface area contributed by atoms with E-state index in [2.05, 4.69) is 27.8 Å². The van der Waals surface area contributed by atoms with E-state index in [1.165, 1.54) is 17.7 Å². The number of imidazole rings is 1. The summed E-state index contributed by atoms with van der Waals surface area (Å²) in [5.74, 6) is 0. The van der Waals surface area contributed by atoms with Crippen LogP contribution in [0.5, 0.6) is 0 Å². The van der Waals surface area contributed by atoms with Crippen LogP contribution in [0.2, 0.25) is 0 Å². The number of nitrogens with zero attached hydrogens (tertiary/aromatic N) is 3. The molecule has 0 aliphatic carbocycles. The lowest BCUT2D eigenvalue weighted by molar-refractivity contribution is 0.458. The summed E-state index contributed by atoms with van der Waals surface area (Å²) in [4.78, 5) is 4.22. The summed E-state index contributed by atoms with van der Waals surface area (Å²) in [5, 5.41) is 8.80. The smallest absolute Gasteiger partial charge is 0.0991 e. The van der Waals surface area contributed by atoms with Crippen molar-refractivity contribution in [1.29, 1.82) is 5.26 Å². The van der Waals surface area contributed by atoms with Gasteiger partial charge in [-0.2, -0.15) is 5.26 Å². The molecule has 1 aromatic carbocycles. The second-order valence-electron chi connectivity index (χ2n) is 4.43. The van der Waals surface area contributed by atoms with Crippen LogP contribution in [0.4, 0.5) is 0 Å². The van der Waals surface area contributed by atoms with Gasteiger partial charge in [-0.1, -0.05) is 26.0 Å². The van der Waals surface area contributed by atoms with E-state index in [9.17, 15) is 0 Å². The number of aryl methyl sites for hydroxylation is 1. The van der Waals surface area contributed by atoms with Gasteiger partial charge in [0.15, 0.2) is 0 Å².